The molecule has 0 aliphatic carbocycles. The molecule has 1 unspecified atom stereocenters. The van der Waals surface area contributed by atoms with E-state index in [1.165, 1.54) is 0 Å². The van der Waals surface area contributed by atoms with Crippen molar-refractivity contribution in [1.82, 2.24) is 24.8 Å². The Morgan fingerprint density at radius 2 is 2.12 bits per heavy atom. The number of carbonyl (C=O) groups excluding carboxylic acids is 1. The van der Waals surface area contributed by atoms with Crippen molar-refractivity contribution in [1.29, 1.82) is 0 Å². The van der Waals surface area contributed by atoms with Gasteiger partial charge in [-0.05, 0) is 36.8 Å². The molecule has 0 saturated heterocycles. The average molecular weight is 344 g/mol. The third-order valence-corrected chi connectivity index (χ3v) is 3.96. The van der Waals surface area contributed by atoms with E-state index in [0.717, 1.165) is 11.2 Å². The SMILES string of the molecule is CC(NC(=O)N(C)Cc1cccc(Cl)c1)c1nnc2ccccn12. The van der Waals surface area contributed by atoms with Gasteiger partial charge in [0, 0.05) is 24.8 Å². The Kier molecular flexibility index (Phi) is 4.66. The van der Waals surface area contributed by atoms with Gasteiger partial charge in [-0.15, -0.1) is 10.2 Å². The maximum absolute atomic E-state index is 12.4. The highest BCUT2D eigenvalue weighted by Gasteiger charge is 2.18. The van der Waals surface area contributed by atoms with Crippen molar-refractivity contribution < 1.29 is 4.79 Å². The van der Waals surface area contributed by atoms with Crippen molar-refractivity contribution in [2.45, 2.75) is 19.5 Å². The van der Waals surface area contributed by atoms with Gasteiger partial charge in [0.1, 0.15) is 0 Å². The van der Waals surface area contributed by atoms with Crippen LogP contribution in [0.4, 0.5) is 4.79 Å². The molecule has 1 aromatic carbocycles. The lowest BCUT2D eigenvalue weighted by molar-refractivity contribution is 0.203. The van der Waals surface area contributed by atoms with Crippen molar-refractivity contribution in [3.8, 4) is 0 Å². The standard InChI is InChI=1S/C17H18ClN5O/c1-12(16-21-20-15-8-3-4-9-23(15)16)19-17(24)22(2)11-13-6-5-7-14(18)10-13/h3-10,12H,11H2,1-2H3,(H,19,24). The number of benzene rings is 1. The number of nitrogens with zero attached hydrogens (tertiary/aromatic N) is 4. The molecule has 24 heavy (non-hydrogen) atoms. The zero-order chi connectivity index (χ0) is 17.1. The van der Waals surface area contributed by atoms with Crippen LogP contribution in [0, 0.1) is 0 Å². The molecule has 0 aliphatic rings. The second-order valence-electron chi connectivity index (χ2n) is 5.64. The van der Waals surface area contributed by atoms with Gasteiger partial charge in [-0.3, -0.25) is 4.40 Å². The summed E-state index contributed by atoms with van der Waals surface area (Å²) in [5.74, 6) is 0.690. The van der Waals surface area contributed by atoms with Gasteiger partial charge in [0.25, 0.3) is 0 Å². The molecule has 2 aromatic heterocycles. The Bertz CT molecular complexity index is 863. The van der Waals surface area contributed by atoms with Crippen LogP contribution < -0.4 is 5.32 Å². The van der Waals surface area contributed by atoms with Crippen LogP contribution in [-0.4, -0.2) is 32.6 Å². The number of aromatic nitrogens is 3. The third-order valence-electron chi connectivity index (χ3n) is 3.72. The minimum Gasteiger partial charge on any atom is -0.328 e. The number of urea groups is 1. The minimum absolute atomic E-state index is 0.185. The molecule has 7 heteroatoms. The summed E-state index contributed by atoms with van der Waals surface area (Å²) in [6.45, 7) is 2.36. The molecule has 1 atom stereocenters. The third kappa shape index (κ3) is 3.49. The van der Waals surface area contributed by atoms with E-state index in [4.69, 9.17) is 11.6 Å². The summed E-state index contributed by atoms with van der Waals surface area (Å²) in [6.07, 6.45) is 1.88. The molecule has 2 amide bonds. The Morgan fingerprint density at radius 3 is 2.92 bits per heavy atom. The first-order valence-electron chi connectivity index (χ1n) is 7.60. The van der Waals surface area contributed by atoms with Crippen LogP contribution in [0.1, 0.15) is 24.4 Å². The van der Waals surface area contributed by atoms with Crippen molar-refractivity contribution in [3.05, 3.63) is 65.1 Å². The highest BCUT2D eigenvalue weighted by Crippen LogP contribution is 2.14. The summed E-state index contributed by atoms with van der Waals surface area (Å²) in [6, 6.07) is 12.7. The van der Waals surface area contributed by atoms with Crippen LogP contribution in [0.5, 0.6) is 0 Å². The van der Waals surface area contributed by atoms with Crippen LogP contribution in [-0.2, 0) is 6.54 Å². The zero-order valence-corrected chi connectivity index (χ0v) is 14.2. The number of carbonyl (C=O) groups is 1. The van der Waals surface area contributed by atoms with Crippen molar-refractivity contribution in [2.24, 2.45) is 0 Å². The van der Waals surface area contributed by atoms with Crippen molar-refractivity contribution >= 4 is 23.3 Å². The molecular formula is C17H18ClN5O. The highest BCUT2D eigenvalue weighted by molar-refractivity contribution is 6.30. The first kappa shape index (κ1) is 16.3. The topological polar surface area (TPSA) is 62.5 Å². The quantitative estimate of drug-likeness (QED) is 0.790. The van der Waals surface area contributed by atoms with Gasteiger partial charge < -0.3 is 10.2 Å². The monoisotopic (exact) mass is 343 g/mol. The molecule has 1 N–H and O–H groups in total. The maximum Gasteiger partial charge on any atom is 0.318 e. The van der Waals surface area contributed by atoms with Gasteiger partial charge in [0.2, 0.25) is 0 Å². The summed E-state index contributed by atoms with van der Waals surface area (Å²) >= 11 is 5.98. The number of hydrogen-bond donors (Lipinski definition) is 1. The number of nitrogens with one attached hydrogen (secondary N) is 1. The number of hydrogen-bond acceptors (Lipinski definition) is 3. The molecular weight excluding hydrogens is 326 g/mol. The average Bonchev–Trinajstić information content (AvgIpc) is 2.99. The molecule has 0 aliphatic heterocycles. The van der Waals surface area contributed by atoms with Crippen LogP contribution in [0.15, 0.2) is 48.7 Å². The predicted octanol–water partition coefficient (Wildman–Crippen LogP) is 3.29. The Hall–Kier alpha value is -2.60. The highest BCUT2D eigenvalue weighted by atomic mass is 35.5. The van der Waals surface area contributed by atoms with E-state index < -0.39 is 0 Å². The van der Waals surface area contributed by atoms with E-state index in [1.807, 2.05) is 60.0 Å². The second-order valence-corrected chi connectivity index (χ2v) is 6.08. The second kappa shape index (κ2) is 6.88. The van der Waals surface area contributed by atoms with Crippen LogP contribution in [0.2, 0.25) is 5.02 Å². The van der Waals surface area contributed by atoms with Gasteiger partial charge in [-0.25, -0.2) is 4.79 Å². The number of amides is 2. The Balaban J connectivity index is 1.67. The molecule has 3 rings (SSSR count). The summed E-state index contributed by atoms with van der Waals surface area (Å²) in [5, 5.41) is 11.9. The first-order chi connectivity index (χ1) is 11.5. The fourth-order valence-electron chi connectivity index (χ4n) is 2.50. The van der Waals surface area contributed by atoms with E-state index >= 15 is 0 Å². The van der Waals surface area contributed by atoms with Gasteiger partial charge >= 0.3 is 6.03 Å². The largest absolute Gasteiger partial charge is 0.328 e. The van der Waals surface area contributed by atoms with Gasteiger partial charge in [0.05, 0.1) is 6.04 Å². The van der Waals surface area contributed by atoms with Crippen LogP contribution in [0.3, 0.4) is 0 Å². The van der Waals surface area contributed by atoms with Crippen LogP contribution in [0.25, 0.3) is 5.65 Å². The van der Waals surface area contributed by atoms with Gasteiger partial charge in [0.15, 0.2) is 11.5 Å². The number of fused-ring (bicyclic) bond motifs is 1. The van der Waals surface area contributed by atoms with Crippen molar-refractivity contribution in [3.63, 3.8) is 0 Å². The zero-order valence-electron chi connectivity index (χ0n) is 13.5. The molecule has 6 nitrogen and oxygen atoms in total. The number of rotatable bonds is 4. The fourth-order valence-corrected chi connectivity index (χ4v) is 2.71. The normalized spacial score (nSPS) is 12.1. The molecule has 0 fully saturated rings. The minimum atomic E-state index is -0.267. The molecule has 0 spiro atoms. The summed E-state index contributed by atoms with van der Waals surface area (Å²) in [7, 11) is 1.74. The summed E-state index contributed by atoms with van der Waals surface area (Å²) in [4.78, 5) is 14.0. The van der Waals surface area contributed by atoms with E-state index in [2.05, 4.69) is 15.5 Å². The lowest BCUT2D eigenvalue weighted by atomic mass is 10.2. The lowest BCUT2D eigenvalue weighted by Gasteiger charge is -2.21. The maximum atomic E-state index is 12.4. The Labute approximate surface area is 145 Å². The van der Waals surface area contributed by atoms with E-state index in [9.17, 15) is 4.79 Å². The predicted molar refractivity (Wildman–Crippen MR) is 92.9 cm³/mol. The van der Waals surface area contributed by atoms with Gasteiger partial charge in [-0.1, -0.05) is 29.8 Å². The lowest BCUT2D eigenvalue weighted by Crippen LogP contribution is -2.38. The molecule has 124 valence electrons. The molecule has 0 radical (unpaired) electrons. The first-order valence-corrected chi connectivity index (χ1v) is 7.98. The fraction of sp³-hybridized carbons (Fsp3) is 0.235. The van der Waals surface area contributed by atoms with Crippen molar-refractivity contribution in [2.75, 3.05) is 7.05 Å². The summed E-state index contributed by atoms with van der Waals surface area (Å²) in [5.41, 5.74) is 1.72. The summed E-state index contributed by atoms with van der Waals surface area (Å²) < 4.78 is 1.86. The smallest absolute Gasteiger partial charge is 0.318 e. The van der Waals surface area contributed by atoms with E-state index in [-0.39, 0.29) is 12.1 Å². The van der Waals surface area contributed by atoms with Gasteiger partial charge in [-0.2, -0.15) is 0 Å². The number of halogens is 1. The molecule has 2 heterocycles. The van der Waals surface area contributed by atoms with Crippen LogP contribution >= 0.6 is 11.6 Å². The molecule has 3 aromatic rings. The molecule has 0 saturated carbocycles. The van der Waals surface area contributed by atoms with E-state index in [0.29, 0.717) is 17.4 Å². The molecule has 0 bridgehead atoms. The Morgan fingerprint density at radius 1 is 1.29 bits per heavy atom. The van der Waals surface area contributed by atoms with E-state index in [1.54, 1.807) is 11.9 Å². The number of pyridine rings is 1.